The Kier molecular flexibility index (Phi) is 3.71. The maximum atomic E-state index is 12.3. The first-order chi connectivity index (χ1) is 9.69. The quantitative estimate of drug-likeness (QED) is 0.942. The largest absolute Gasteiger partial charge is 0.478 e. The van der Waals surface area contributed by atoms with E-state index < -0.39 is 24.4 Å². The average Bonchev–Trinajstić information content (AvgIpc) is 2.76. The number of aromatic carboxylic acids is 1. The summed E-state index contributed by atoms with van der Waals surface area (Å²) in [6.45, 7) is 3.20. The van der Waals surface area contributed by atoms with E-state index in [0.717, 1.165) is 0 Å². The first-order valence-electron chi connectivity index (χ1n) is 5.92. The van der Waals surface area contributed by atoms with Crippen LogP contribution in [0.25, 0.3) is 11.5 Å². The Labute approximate surface area is 117 Å². The monoisotopic (exact) mass is 300 g/mol. The number of hydrogen-bond acceptors (Lipinski definition) is 4. The number of carbonyl (C=O) groups is 1. The minimum Gasteiger partial charge on any atom is -0.478 e. The molecule has 0 unspecified atom stereocenters. The molecule has 0 aliphatic rings. The van der Waals surface area contributed by atoms with Gasteiger partial charge in [0.15, 0.2) is 5.82 Å². The average molecular weight is 300 g/mol. The zero-order chi connectivity index (χ0) is 15.8. The lowest BCUT2D eigenvalue weighted by atomic mass is 9.97. The number of carboxylic acids is 1. The highest BCUT2D eigenvalue weighted by atomic mass is 19.4. The third-order valence-electron chi connectivity index (χ3n) is 2.88. The zero-order valence-corrected chi connectivity index (χ0v) is 11.2. The zero-order valence-electron chi connectivity index (χ0n) is 11.2. The van der Waals surface area contributed by atoms with Crippen LogP contribution in [0.5, 0.6) is 0 Å². The van der Waals surface area contributed by atoms with Gasteiger partial charge in [0, 0.05) is 0 Å². The van der Waals surface area contributed by atoms with Crippen LogP contribution in [0.3, 0.4) is 0 Å². The van der Waals surface area contributed by atoms with Gasteiger partial charge in [-0.1, -0.05) is 17.3 Å². The summed E-state index contributed by atoms with van der Waals surface area (Å²) >= 11 is 0. The smallest absolute Gasteiger partial charge is 0.396 e. The van der Waals surface area contributed by atoms with Crippen LogP contribution in [0.2, 0.25) is 0 Å². The summed E-state index contributed by atoms with van der Waals surface area (Å²) in [6.07, 6.45) is -5.79. The van der Waals surface area contributed by atoms with Crippen LogP contribution >= 0.6 is 0 Å². The molecule has 0 radical (unpaired) electrons. The molecule has 0 atom stereocenters. The molecule has 1 N–H and O–H groups in total. The molecule has 21 heavy (non-hydrogen) atoms. The summed E-state index contributed by atoms with van der Waals surface area (Å²) in [5.74, 6) is -1.97. The van der Waals surface area contributed by atoms with Gasteiger partial charge in [-0.15, -0.1) is 0 Å². The number of halogens is 3. The Morgan fingerprint density at radius 2 is 1.90 bits per heavy atom. The van der Waals surface area contributed by atoms with Crippen molar-refractivity contribution in [3.63, 3.8) is 0 Å². The number of nitrogens with zero attached hydrogens (tertiary/aromatic N) is 2. The molecule has 0 fully saturated rings. The Bertz CT molecular complexity index is 692. The molecule has 8 heteroatoms. The second kappa shape index (κ2) is 5.19. The summed E-state index contributed by atoms with van der Waals surface area (Å²) in [5.41, 5.74) is 1.07. The summed E-state index contributed by atoms with van der Waals surface area (Å²) in [7, 11) is 0. The van der Waals surface area contributed by atoms with Gasteiger partial charge in [0.1, 0.15) is 6.42 Å². The number of aryl methyl sites for hydroxylation is 2. The molecule has 1 heterocycles. The van der Waals surface area contributed by atoms with Crippen LogP contribution in [0.1, 0.15) is 27.3 Å². The molecule has 0 spiro atoms. The van der Waals surface area contributed by atoms with Crippen molar-refractivity contribution in [3.8, 4) is 11.5 Å². The van der Waals surface area contributed by atoms with Gasteiger partial charge in [-0.2, -0.15) is 18.2 Å². The van der Waals surface area contributed by atoms with Crippen molar-refractivity contribution in [2.45, 2.75) is 26.4 Å². The lowest BCUT2D eigenvalue weighted by Gasteiger charge is -2.08. The van der Waals surface area contributed by atoms with E-state index in [9.17, 15) is 23.1 Å². The molecule has 0 aliphatic carbocycles. The van der Waals surface area contributed by atoms with Crippen molar-refractivity contribution in [2.75, 3.05) is 0 Å². The third kappa shape index (κ3) is 3.21. The van der Waals surface area contributed by atoms with E-state index in [2.05, 4.69) is 10.1 Å². The maximum absolute atomic E-state index is 12.3. The predicted molar refractivity (Wildman–Crippen MR) is 65.9 cm³/mol. The van der Waals surface area contributed by atoms with E-state index in [4.69, 9.17) is 4.52 Å². The fraction of sp³-hybridized carbons (Fsp3) is 0.308. The minimum atomic E-state index is -4.46. The van der Waals surface area contributed by atoms with Gasteiger partial charge in [0.05, 0.1) is 11.1 Å². The SMILES string of the molecule is Cc1ccc(C)c(-c2nc(CC(F)(F)F)no2)c1C(=O)O. The highest BCUT2D eigenvalue weighted by Gasteiger charge is 2.31. The molecule has 1 aromatic heterocycles. The molecule has 0 saturated heterocycles. The van der Waals surface area contributed by atoms with Crippen LogP contribution in [0.15, 0.2) is 16.7 Å². The van der Waals surface area contributed by atoms with Gasteiger partial charge in [-0.25, -0.2) is 4.79 Å². The van der Waals surface area contributed by atoms with Crippen LogP contribution in [-0.2, 0) is 6.42 Å². The number of alkyl halides is 3. The van der Waals surface area contributed by atoms with Gasteiger partial charge in [0.25, 0.3) is 5.89 Å². The van der Waals surface area contributed by atoms with Crippen LogP contribution in [0, 0.1) is 13.8 Å². The second-order valence-corrected chi connectivity index (χ2v) is 4.56. The van der Waals surface area contributed by atoms with Crippen molar-refractivity contribution in [1.29, 1.82) is 0 Å². The summed E-state index contributed by atoms with van der Waals surface area (Å²) in [6, 6.07) is 3.25. The lowest BCUT2D eigenvalue weighted by molar-refractivity contribution is -0.128. The van der Waals surface area contributed by atoms with E-state index in [0.29, 0.717) is 11.1 Å². The number of hydrogen-bond donors (Lipinski definition) is 1. The van der Waals surface area contributed by atoms with E-state index in [-0.39, 0.29) is 17.0 Å². The highest BCUT2D eigenvalue weighted by Crippen LogP contribution is 2.29. The highest BCUT2D eigenvalue weighted by molar-refractivity contribution is 5.97. The molecule has 5 nitrogen and oxygen atoms in total. The van der Waals surface area contributed by atoms with Gasteiger partial charge in [-0.05, 0) is 25.0 Å². The molecule has 0 saturated carbocycles. The Morgan fingerprint density at radius 3 is 2.48 bits per heavy atom. The lowest BCUT2D eigenvalue weighted by Crippen LogP contribution is -2.12. The van der Waals surface area contributed by atoms with Crippen molar-refractivity contribution >= 4 is 5.97 Å². The van der Waals surface area contributed by atoms with Crippen molar-refractivity contribution in [1.82, 2.24) is 10.1 Å². The summed E-state index contributed by atoms with van der Waals surface area (Å²) in [4.78, 5) is 15.0. The van der Waals surface area contributed by atoms with Gasteiger partial charge >= 0.3 is 12.1 Å². The summed E-state index contributed by atoms with van der Waals surface area (Å²) < 4.78 is 41.7. The minimum absolute atomic E-state index is 0.0581. The van der Waals surface area contributed by atoms with Gasteiger partial charge < -0.3 is 9.63 Å². The maximum Gasteiger partial charge on any atom is 0.396 e. The molecular weight excluding hydrogens is 289 g/mol. The standard InChI is InChI=1S/C13H11F3N2O3/c1-6-3-4-7(2)10(12(19)20)9(6)11-17-8(18-21-11)5-13(14,15)16/h3-4H,5H2,1-2H3,(H,19,20). The topological polar surface area (TPSA) is 76.2 Å². The first-order valence-corrected chi connectivity index (χ1v) is 5.92. The molecular formula is C13H11F3N2O3. The first kappa shape index (κ1) is 15.0. The van der Waals surface area contributed by atoms with Crippen molar-refractivity contribution < 1.29 is 27.6 Å². The second-order valence-electron chi connectivity index (χ2n) is 4.56. The molecule has 0 bridgehead atoms. The third-order valence-corrected chi connectivity index (χ3v) is 2.88. The van der Waals surface area contributed by atoms with Crippen LogP contribution < -0.4 is 0 Å². The molecule has 1 aromatic carbocycles. The molecule has 2 rings (SSSR count). The molecule has 0 amide bonds. The molecule has 112 valence electrons. The fourth-order valence-electron chi connectivity index (χ4n) is 1.97. The fourth-order valence-corrected chi connectivity index (χ4v) is 1.97. The Hall–Kier alpha value is -2.38. The molecule has 0 aliphatic heterocycles. The van der Waals surface area contributed by atoms with Gasteiger partial charge in [0.2, 0.25) is 0 Å². The van der Waals surface area contributed by atoms with E-state index >= 15 is 0 Å². The number of carboxylic acid groups (broad SMARTS) is 1. The van der Waals surface area contributed by atoms with E-state index in [1.54, 1.807) is 26.0 Å². The predicted octanol–water partition coefficient (Wildman–Crippen LogP) is 3.16. The number of benzene rings is 1. The summed E-state index contributed by atoms with van der Waals surface area (Å²) in [5, 5.41) is 12.5. The number of aromatic nitrogens is 2. The van der Waals surface area contributed by atoms with E-state index in [1.165, 1.54) is 0 Å². The molecule has 2 aromatic rings. The number of rotatable bonds is 3. The Morgan fingerprint density at radius 1 is 1.29 bits per heavy atom. The van der Waals surface area contributed by atoms with Gasteiger partial charge in [-0.3, -0.25) is 0 Å². The van der Waals surface area contributed by atoms with Crippen molar-refractivity contribution in [3.05, 3.63) is 34.6 Å². The Balaban J connectivity index is 2.52. The normalized spacial score (nSPS) is 11.7. The van der Waals surface area contributed by atoms with Crippen molar-refractivity contribution in [2.24, 2.45) is 0 Å². The van der Waals surface area contributed by atoms with Crippen LogP contribution in [-0.4, -0.2) is 27.4 Å². The van der Waals surface area contributed by atoms with E-state index in [1.807, 2.05) is 0 Å². The van der Waals surface area contributed by atoms with Crippen LogP contribution in [0.4, 0.5) is 13.2 Å².